The average Bonchev–Trinajstić information content (AvgIpc) is 2.55. The van der Waals surface area contributed by atoms with Crippen LogP contribution < -0.4 is 15.4 Å². The lowest BCUT2D eigenvalue weighted by Gasteiger charge is -2.07. The molecule has 2 rings (SSSR count). The number of carbonyl (C=O) groups is 1. The molecular formula is C18H21ClN2O2. The van der Waals surface area contributed by atoms with Crippen LogP contribution in [0.4, 0.5) is 5.69 Å². The number of ether oxygens (including phenoxy) is 1. The molecule has 0 aliphatic carbocycles. The first-order chi connectivity index (χ1) is 11.2. The van der Waals surface area contributed by atoms with Gasteiger partial charge < -0.3 is 15.4 Å². The number of amides is 1. The maximum absolute atomic E-state index is 11.8. The molecule has 5 heteroatoms. The van der Waals surface area contributed by atoms with E-state index in [1.165, 1.54) is 5.56 Å². The molecule has 0 radical (unpaired) electrons. The van der Waals surface area contributed by atoms with Gasteiger partial charge in [-0.15, -0.1) is 0 Å². The van der Waals surface area contributed by atoms with Crippen molar-refractivity contribution in [3.8, 4) is 5.75 Å². The number of nitrogens with one attached hydrogen (secondary N) is 2. The summed E-state index contributed by atoms with van der Waals surface area (Å²) in [4.78, 5) is 11.8. The molecule has 0 spiro atoms. The van der Waals surface area contributed by atoms with E-state index in [0.29, 0.717) is 18.0 Å². The average molecular weight is 333 g/mol. The minimum Gasteiger partial charge on any atom is -0.497 e. The van der Waals surface area contributed by atoms with E-state index in [-0.39, 0.29) is 5.91 Å². The van der Waals surface area contributed by atoms with Crippen LogP contribution in [0.2, 0.25) is 5.02 Å². The predicted octanol–water partition coefficient (Wildman–Crippen LogP) is 3.51. The van der Waals surface area contributed by atoms with Crippen molar-refractivity contribution >= 4 is 23.2 Å². The smallest absolute Gasteiger partial charge is 0.225 e. The Balaban J connectivity index is 1.64. The van der Waals surface area contributed by atoms with Gasteiger partial charge in [-0.1, -0.05) is 29.8 Å². The van der Waals surface area contributed by atoms with Gasteiger partial charge in [-0.3, -0.25) is 4.79 Å². The van der Waals surface area contributed by atoms with Crippen molar-refractivity contribution in [3.63, 3.8) is 0 Å². The molecule has 122 valence electrons. The highest BCUT2D eigenvalue weighted by Crippen LogP contribution is 2.15. The second-order valence-corrected chi connectivity index (χ2v) is 5.60. The molecule has 1 amide bonds. The summed E-state index contributed by atoms with van der Waals surface area (Å²) in [5.74, 6) is 0.838. The van der Waals surface area contributed by atoms with Gasteiger partial charge in [0.05, 0.1) is 7.11 Å². The van der Waals surface area contributed by atoms with E-state index in [4.69, 9.17) is 16.3 Å². The maximum atomic E-state index is 11.8. The van der Waals surface area contributed by atoms with Crippen LogP contribution in [0.25, 0.3) is 0 Å². The number of hydrogen-bond donors (Lipinski definition) is 2. The molecule has 23 heavy (non-hydrogen) atoms. The summed E-state index contributed by atoms with van der Waals surface area (Å²) in [5, 5.41) is 6.71. The summed E-state index contributed by atoms with van der Waals surface area (Å²) >= 11 is 5.88. The molecule has 0 saturated carbocycles. The molecule has 0 aliphatic heterocycles. The Hall–Kier alpha value is -2.04. The van der Waals surface area contributed by atoms with Crippen molar-refractivity contribution in [2.75, 3.05) is 25.5 Å². The normalized spacial score (nSPS) is 10.3. The summed E-state index contributed by atoms with van der Waals surface area (Å²) in [7, 11) is 1.66. The molecule has 0 fully saturated rings. The van der Waals surface area contributed by atoms with Crippen molar-refractivity contribution in [3.05, 3.63) is 59.1 Å². The van der Waals surface area contributed by atoms with Crippen molar-refractivity contribution in [2.24, 2.45) is 0 Å². The highest BCUT2D eigenvalue weighted by molar-refractivity contribution is 6.30. The molecule has 0 unspecified atom stereocenters. The van der Waals surface area contributed by atoms with E-state index in [1.807, 2.05) is 30.3 Å². The topological polar surface area (TPSA) is 50.4 Å². The van der Waals surface area contributed by atoms with Crippen molar-refractivity contribution < 1.29 is 9.53 Å². The van der Waals surface area contributed by atoms with Gasteiger partial charge in [0.15, 0.2) is 0 Å². The van der Waals surface area contributed by atoms with Gasteiger partial charge in [0, 0.05) is 23.7 Å². The van der Waals surface area contributed by atoms with Crippen LogP contribution in [0.1, 0.15) is 12.0 Å². The summed E-state index contributed by atoms with van der Waals surface area (Å²) in [6.45, 7) is 1.45. The van der Waals surface area contributed by atoms with Crippen LogP contribution in [0.15, 0.2) is 48.5 Å². The number of benzene rings is 2. The summed E-state index contributed by atoms with van der Waals surface area (Å²) in [6.07, 6.45) is 1.32. The molecule has 2 aromatic rings. The molecule has 0 saturated heterocycles. The summed E-state index contributed by atoms with van der Waals surface area (Å²) < 4.78 is 5.20. The number of rotatable bonds is 8. The second kappa shape index (κ2) is 9.18. The number of carbonyl (C=O) groups excluding carboxylic acids is 1. The zero-order chi connectivity index (χ0) is 16.5. The standard InChI is InChI=1S/C18H21ClN2O2/c1-23-17-7-2-4-14(12-17)8-10-20-11-9-18(22)21-16-6-3-5-15(19)13-16/h2-7,12-13,20H,8-11H2,1H3,(H,21,22). The van der Waals surface area contributed by atoms with Gasteiger partial charge in [0.2, 0.25) is 5.91 Å². The Morgan fingerprint density at radius 2 is 1.96 bits per heavy atom. The lowest BCUT2D eigenvalue weighted by molar-refractivity contribution is -0.116. The van der Waals surface area contributed by atoms with E-state index < -0.39 is 0 Å². The van der Waals surface area contributed by atoms with E-state index in [1.54, 1.807) is 19.2 Å². The number of halogens is 1. The largest absolute Gasteiger partial charge is 0.497 e. The zero-order valence-corrected chi connectivity index (χ0v) is 13.9. The predicted molar refractivity (Wildman–Crippen MR) is 94.3 cm³/mol. The van der Waals surface area contributed by atoms with Crippen LogP contribution in [0.5, 0.6) is 5.75 Å². The molecule has 4 nitrogen and oxygen atoms in total. The van der Waals surface area contributed by atoms with Gasteiger partial charge in [-0.25, -0.2) is 0 Å². The highest BCUT2D eigenvalue weighted by Gasteiger charge is 2.02. The molecule has 2 aromatic carbocycles. The minimum atomic E-state index is -0.0267. The number of hydrogen-bond acceptors (Lipinski definition) is 3. The highest BCUT2D eigenvalue weighted by atomic mass is 35.5. The molecule has 0 aliphatic rings. The van der Waals surface area contributed by atoms with E-state index in [0.717, 1.165) is 24.4 Å². The van der Waals surface area contributed by atoms with E-state index >= 15 is 0 Å². The van der Waals surface area contributed by atoms with E-state index in [9.17, 15) is 4.79 Å². The lowest BCUT2D eigenvalue weighted by Crippen LogP contribution is -2.23. The molecule has 0 aromatic heterocycles. The first-order valence-electron chi connectivity index (χ1n) is 7.56. The van der Waals surface area contributed by atoms with Crippen molar-refractivity contribution in [2.45, 2.75) is 12.8 Å². The third kappa shape index (κ3) is 6.30. The Labute approximate surface area is 141 Å². The number of anilines is 1. The van der Waals surface area contributed by atoms with Crippen molar-refractivity contribution in [1.82, 2.24) is 5.32 Å². The third-order valence-corrected chi connectivity index (χ3v) is 3.60. The second-order valence-electron chi connectivity index (χ2n) is 5.16. The minimum absolute atomic E-state index is 0.0267. The van der Waals surface area contributed by atoms with Crippen LogP contribution in [0, 0.1) is 0 Å². The molecular weight excluding hydrogens is 312 g/mol. The monoisotopic (exact) mass is 332 g/mol. The van der Waals surface area contributed by atoms with E-state index in [2.05, 4.69) is 16.7 Å². The zero-order valence-electron chi connectivity index (χ0n) is 13.1. The Morgan fingerprint density at radius 1 is 1.13 bits per heavy atom. The SMILES string of the molecule is COc1cccc(CCNCCC(=O)Nc2cccc(Cl)c2)c1. The van der Waals surface area contributed by atoms with Gasteiger partial charge in [-0.05, 0) is 48.9 Å². The summed E-state index contributed by atoms with van der Waals surface area (Å²) in [6, 6.07) is 15.1. The van der Waals surface area contributed by atoms with Crippen LogP contribution in [-0.4, -0.2) is 26.1 Å². The summed E-state index contributed by atoms with van der Waals surface area (Å²) in [5.41, 5.74) is 1.93. The fourth-order valence-corrected chi connectivity index (χ4v) is 2.37. The van der Waals surface area contributed by atoms with Crippen LogP contribution in [0.3, 0.4) is 0 Å². The molecule has 0 heterocycles. The Kier molecular flexibility index (Phi) is 6.91. The van der Waals surface area contributed by atoms with Gasteiger partial charge >= 0.3 is 0 Å². The van der Waals surface area contributed by atoms with Crippen LogP contribution in [-0.2, 0) is 11.2 Å². The maximum Gasteiger partial charge on any atom is 0.225 e. The first kappa shape index (κ1) is 17.3. The van der Waals surface area contributed by atoms with Gasteiger partial charge in [0.25, 0.3) is 0 Å². The quantitative estimate of drug-likeness (QED) is 0.727. The van der Waals surface area contributed by atoms with Gasteiger partial charge in [-0.2, -0.15) is 0 Å². The van der Waals surface area contributed by atoms with Crippen molar-refractivity contribution in [1.29, 1.82) is 0 Å². The Morgan fingerprint density at radius 3 is 2.74 bits per heavy atom. The third-order valence-electron chi connectivity index (χ3n) is 3.36. The Bertz CT molecular complexity index is 646. The van der Waals surface area contributed by atoms with Gasteiger partial charge in [0.1, 0.15) is 5.75 Å². The fraction of sp³-hybridized carbons (Fsp3) is 0.278. The molecule has 2 N–H and O–H groups in total. The molecule has 0 bridgehead atoms. The first-order valence-corrected chi connectivity index (χ1v) is 7.94. The fourth-order valence-electron chi connectivity index (χ4n) is 2.18. The number of methoxy groups -OCH3 is 1. The lowest BCUT2D eigenvalue weighted by atomic mass is 10.1. The molecule has 0 atom stereocenters. The van der Waals surface area contributed by atoms with Crippen LogP contribution >= 0.6 is 11.6 Å².